The van der Waals surface area contributed by atoms with Crippen LogP contribution in [0.1, 0.15) is 5.56 Å². The monoisotopic (exact) mass is 469 g/mol. The summed E-state index contributed by atoms with van der Waals surface area (Å²) >= 11 is 0. The van der Waals surface area contributed by atoms with Crippen molar-refractivity contribution in [2.75, 3.05) is 19.3 Å². The van der Waals surface area contributed by atoms with Crippen LogP contribution < -0.4 is 9.47 Å². The summed E-state index contributed by atoms with van der Waals surface area (Å²) in [6, 6.07) is 34.2. The first-order chi connectivity index (χ1) is 16.6. The molecule has 0 saturated carbocycles. The number of hydrogen-bond donors (Lipinski definition) is 0. The molecule has 0 aliphatic carbocycles. The van der Waals surface area contributed by atoms with Gasteiger partial charge in [-0.1, -0.05) is 54.6 Å². The summed E-state index contributed by atoms with van der Waals surface area (Å²) in [4.78, 5) is 3.22. The Balaban J connectivity index is 1.09. The predicted molar refractivity (Wildman–Crippen MR) is 137 cm³/mol. The molecule has 4 aromatic carbocycles. The number of likely N-dealkylation sites (tertiary alicyclic amines) is 1. The van der Waals surface area contributed by atoms with Gasteiger partial charge in [0.05, 0.1) is 0 Å². The maximum atomic E-state index is 11.6. The summed E-state index contributed by atoms with van der Waals surface area (Å²) < 4.78 is 23.6. The average molecular weight is 470 g/mol. The highest BCUT2D eigenvalue weighted by molar-refractivity contribution is 7.84. The van der Waals surface area contributed by atoms with Crippen LogP contribution in [0, 0.1) is 0 Å². The number of ether oxygens (including phenoxy) is 2. The molecule has 4 aromatic rings. The number of benzene rings is 4. The zero-order valence-electron chi connectivity index (χ0n) is 19.1. The van der Waals surface area contributed by atoms with Crippen molar-refractivity contribution >= 4 is 10.8 Å². The summed E-state index contributed by atoms with van der Waals surface area (Å²) in [6.07, 6.45) is 1.91. The molecular weight excluding hydrogens is 442 g/mol. The van der Waals surface area contributed by atoms with Gasteiger partial charge in [-0.05, 0) is 65.2 Å². The highest BCUT2D eigenvalue weighted by atomic mass is 32.2. The van der Waals surface area contributed by atoms with Gasteiger partial charge in [-0.25, -0.2) is 0 Å². The Labute approximate surface area is 203 Å². The first-order valence-electron chi connectivity index (χ1n) is 11.4. The summed E-state index contributed by atoms with van der Waals surface area (Å²) in [5.74, 6) is 2.58. The molecule has 0 spiro atoms. The first kappa shape index (κ1) is 22.4. The standard InChI is InChI=1S/C29H27NO3S/c1-34(31)29-17-11-24(12-18-29)23-9-15-27(16-10-23)33-28-20-30(21-28)19-22-7-13-26(14-8-22)32-25-5-3-2-4-6-25/h2-18,28H,19-21H2,1H3. The van der Waals surface area contributed by atoms with E-state index < -0.39 is 10.8 Å². The lowest BCUT2D eigenvalue weighted by molar-refractivity contribution is 0.0146. The van der Waals surface area contributed by atoms with E-state index in [9.17, 15) is 4.21 Å². The van der Waals surface area contributed by atoms with Gasteiger partial charge in [-0.15, -0.1) is 0 Å². The van der Waals surface area contributed by atoms with Gasteiger partial charge in [0.25, 0.3) is 0 Å². The molecule has 1 heterocycles. The minimum Gasteiger partial charge on any atom is -0.488 e. The van der Waals surface area contributed by atoms with Crippen LogP contribution in [0.5, 0.6) is 17.2 Å². The SMILES string of the molecule is CS(=O)c1ccc(-c2ccc(OC3CN(Cc4ccc(Oc5ccccc5)cc4)C3)cc2)cc1. The smallest absolute Gasteiger partial charge is 0.127 e. The van der Waals surface area contributed by atoms with Crippen molar-refractivity contribution in [3.05, 3.63) is 109 Å². The average Bonchev–Trinajstić information content (AvgIpc) is 2.85. The lowest BCUT2D eigenvalue weighted by Crippen LogP contribution is -2.53. The van der Waals surface area contributed by atoms with E-state index in [-0.39, 0.29) is 6.10 Å². The lowest BCUT2D eigenvalue weighted by Gasteiger charge is -2.39. The molecule has 4 nitrogen and oxygen atoms in total. The Hall–Kier alpha value is -3.41. The lowest BCUT2D eigenvalue weighted by atomic mass is 10.1. The van der Waals surface area contributed by atoms with Crippen LogP contribution in [0.15, 0.2) is 108 Å². The van der Waals surface area contributed by atoms with Crippen LogP contribution in [0.4, 0.5) is 0 Å². The van der Waals surface area contributed by atoms with Crippen molar-refractivity contribution < 1.29 is 13.7 Å². The summed E-state index contributed by atoms with van der Waals surface area (Å²) in [5, 5.41) is 0. The molecule has 1 fully saturated rings. The maximum absolute atomic E-state index is 11.6. The van der Waals surface area contributed by atoms with Crippen LogP contribution in [0.2, 0.25) is 0 Å². The molecule has 1 unspecified atom stereocenters. The van der Waals surface area contributed by atoms with Gasteiger partial charge in [0, 0.05) is 41.6 Å². The quantitative estimate of drug-likeness (QED) is 0.310. The second-order valence-electron chi connectivity index (χ2n) is 8.50. The van der Waals surface area contributed by atoms with Crippen molar-refractivity contribution in [1.29, 1.82) is 0 Å². The van der Waals surface area contributed by atoms with E-state index in [1.165, 1.54) is 5.56 Å². The minimum absolute atomic E-state index is 0.213. The van der Waals surface area contributed by atoms with Gasteiger partial charge >= 0.3 is 0 Å². The third-order valence-electron chi connectivity index (χ3n) is 5.91. The van der Waals surface area contributed by atoms with Crippen LogP contribution >= 0.6 is 0 Å². The highest BCUT2D eigenvalue weighted by Gasteiger charge is 2.28. The molecule has 1 aliphatic rings. The van der Waals surface area contributed by atoms with E-state index in [4.69, 9.17) is 9.47 Å². The van der Waals surface area contributed by atoms with Crippen LogP contribution in [-0.2, 0) is 17.3 Å². The Bertz CT molecular complexity index is 1230. The molecule has 0 radical (unpaired) electrons. The fourth-order valence-electron chi connectivity index (χ4n) is 4.03. The fraction of sp³-hybridized carbons (Fsp3) is 0.172. The van der Waals surface area contributed by atoms with E-state index in [0.717, 1.165) is 52.9 Å². The molecule has 1 saturated heterocycles. The molecule has 172 valence electrons. The van der Waals surface area contributed by atoms with Crippen LogP contribution in [0.25, 0.3) is 11.1 Å². The predicted octanol–water partition coefficient (Wildman–Crippen LogP) is 6.15. The topological polar surface area (TPSA) is 38.8 Å². The molecule has 0 N–H and O–H groups in total. The Kier molecular flexibility index (Phi) is 6.74. The molecule has 0 aromatic heterocycles. The molecule has 0 amide bonds. The number of nitrogens with zero attached hydrogens (tertiary/aromatic N) is 1. The van der Waals surface area contributed by atoms with E-state index in [0.29, 0.717) is 0 Å². The van der Waals surface area contributed by atoms with Gasteiger partial charge in [-0.3, -0.25) is 9.11 Å². The number of hydrogen-bond acceptors (Lipinski definition) is 4. The molecule has 1 aliphatic heterocycles. The molecular formula is C29H27NO3S. The van der Waals surface area contributed by atoms with Crippen molar-refractivity contribution in [1.82, 2.24) is 4.90 Å². The summed E-state index contributed by atoms with van der Waals surface area (Å²) in [7, 11) is -0.954. The zero-order valence-corrected chi connectivity index (χ0v) is 19.9. The Morgan fingerprint density at radius 2 is 1.29 bits per heavy atom. The third-order valence-corrected chi connectivity index (χ3v) is 6.84. The van der Waals surface area contributed by atoms with Crippen molar-refractivity contribution in [2.45, 2.75) is 17.5 Å². The number of para-hydroxylation sites is 1. The Morgan fingerprint density at radius 3 is 1.91 bits per heavy atom. The highest BCUT2D eigenvalue weighted by Crippen LogP contribution is 2.26. The summed E-state index contributed by atoms with van der Waals surface area (Å²) in [6.45, 7) is 2.74. The van der Waals surface area contributed by atoms with Gasteiger partial charge < -0.3 is 9.47 Å². The minimum atomic E-state index is -0.954. The largest absolute Gasteiger partial charge is 0.488 e. The van der Waals surface area contributed by atoms with E-state index in [1.54, 1.807) is 6.26 Å². The fourth-order valence-corrected chi connectivity index (χ4v) is 4.55. The van der Waals surface area contributed by atoms with Gasteiger partial charge in [0.15, 0.2) is 0 Å². The second-order valence-corrected chi connectivity index (χ2v) is 9.88. The zero-order chi connectivity index (χ0) is 23.3. The first-order valence-corrected chi connectivity index (χ1v) is 12.9. The molecule has 1 atom stereocenters. The number of rotatable bonds is 8. The van der Waals surface area contributed by atoms with Crippen LogP contribution in [-0.4, -0.2) is 34.6 Å². The molecule has 34 heavy (non-hydrogen) atoms. The van der Waals surface area contributed by atoms with Crippen molar-refractivity contribution in [3.8, 4) is 28.4 Å². The second kappa shape index (κ2) is 10.2. The summed E-state index contributed by atoms with van der Waals surface area (Å²) in [5.41, 5.74) is 3.49. The van der Waals surface area contributed by atoms with Gasteiger partial charge in [0.2, 0.25) is 0 Å². The van der Waals surface area contributed by atoms with Crippen molar-refractivity contribution in [2.24, 2.45) is 0 Å². The third kappa shape index (κ3) is 5.56. The van der Waals surface area contributed by atoms with Crippen molar-refractivity contribution in [3.63, 3.8) is 0 Å². The maximum Gasteiger partial charge on any atom is 0.127 e. The molecule has 0 bridgehead atoms. The van der Waals surface area contributed by atoms with E-state index in [1.807, 2.05) is 78.9 Å². The van der Waals surface area contributed by atoms with Gasteiger partial charge in [0.1, 0.15) is 23.4 Å². The normalized spacial score (nSPS) is 14.9. The molecule has 5 rings (SSSR count). The van der Waals surface area contributed by atoms with Gasteiger partial charge in [-0.2, -0.15) is 0 Å². The Morgan fingerprint density at radius 1 is 0.735 bits per heavy atom. The molecule has 5 heteroatoms. The van der Waals surface area contributed by atoms with Crippen LogP contribution in [0.3, 0.4) is 0 Å². The van der Waals surface area contributed by atoms with E-state index in [2.05, 4.69) is 29.2 Å². The van der Waals surface area contributed by atoms with E-state index >= 15 is 0 Å².